The van der Waals surface area contributed by atoms with Crippen LogP contribution >= 0.6 is 23.2 Å². The van der Waals surface area contributed by atoms with Crippen LogP contribution in [0.25, 0.3) is 11.1 Å². The first kappa shape index (κ1) is 18.8. The molecule has 2 aromatic rings. The molecule has 0 radical (unpaired) electrons. The van der Waals surface area contributed by atoms with Gasteiger partial charge in [0.05, 0.1) is 17.2 Å². The Morgan fingerprint density at radius 3 is 2.46 bits per heavy atom. The first-order chi connectivity index (χ1) is 12.4. The molecule has 0 amide bonds. The summed E-state index contributed by atoms with van der Waals surface area (Å²) in [6, 6.07) is 5.01. The molecular weight excluding hydrogens is 384 g/mol. The van der Waals surface area contributed by atoms with Crippen molar-refractivity contribution in [3.63, 3.8) is 0 Å². The van der Waals surface area contributed by atoms with Crippen molar-refractivity contribution in [1.82, 2.24) is 0 Å². The van der Waals surface area contributed by atoms with Gasteiger partial charge in [-0.1, -0.05) is 29.3 Å². The molecule has 0 aromatic heterocycles. The van der Waals surface area contributed by atoms with Crippen molar-refractivity contribution < 1.29 is 23.4 Å². The molecule has 0 aliphatic carbocycles. The van der Waals surface area contributed by atoms with Crippen molar-refractivity contribution in [3.8, 4) is 22.6 Å². The summed E-state index contributed by atoms with van der Waals surface area (Å²) in [4.78, 5) is 11.6. The molecule has 3 rings (SSSR count). The van der Waals surface area contributed by atoms with Crippen molar-refractivity contribution >= 4 is 29.2 Å². The molecule has 1 heterocycles. The van der Waals surface area contributed by atoms with E-state index in [4.69, 9.17) is 38.4 Å². The summed E-state index contributed by atoms with van der Waals surface area (Å²) < 4.78 is 29.7. The maximum Gasteiger partial charge on any atom is 0.322 e. The van der Waals surface area contributed by atoms with E-state index in [-0.39, 0.29) is 16.5 Å². The van der Waals surface area contributed by atoms with E-state index in [0.717, 1.165) is 0 Å². The molecule has 138 valence electrons. The van der Waals surface area contributed by atoms with Gasteiger partial charge in [0.15, 0.2) is 11.5 Å². The quantitative estimate of drug-likeness (QED) is 0.795. The van der Waals surface area contributed by atoms with Crippen LogP contribution in [0.15, 0.2) is 24.3 Å². The molecule has 2 aromatic carbocycles. The average molecular weight is 400 g/mol. The average Bonchev–Trinajstić information content (AvgIpc) is 2.61. The lowest BCUT2D eigenvalue weighted by Crippen LogP contribution is -2.34. The lowest BCUT2D eigenvalue weighted by atomic mass is 9.97. The highest BCUT2D eigenvalue weighted by Gasteiger charge is 2.26. The first-order valence-electron chi connectivity index (χ1n) is 7.82. The number of rotatable bonds is 4. The zero-order chi connectivity index (χ0) is 18.8. The first-order valence-corrected chi connectivity index (χ1v) is 8.57. The van der Waals surface area contributed by atoms with Gasteiger partial charge in [0, 0.05) is 23.1 Å². The second-order valence-corrected chi connectivity index (χ2v) is 6.52. The van der Waals surface area contributed by atoms with Crippen molar-refractivity contribution in [1.29, 1.82) is 0 Å². The number of halogens is 3. The molecule has 1 atom stereocenters. The number of hydrogen-bond acceptors (Lipinski definition) is 5. The van der Waals surface area contributed by atoms with Crippen LogP contribution < -0.4 is 15.2 Å². The lowest BCUT2D eigenvalue weighted by Gasteiger charge is -2.25. The van der Waals surface area contributed by atoms with E-state index in [1.54, 1.807) is 12.1 Å². The van der Waals surface area contributed by atoms with Crippen LogP contribution in [0.1, 0.15) is 5.56 Å². The molecular formula is C18H16Cl2FNO4. The van der Waals surface area contributed by atoms with Crippen LogP contribution in [0.4, 0.5) is 4.39 Å². The van der Waals surface area contributed by atoms with E-state index in [0.29, 0.717) is 41.4 Å². The van der Waals surface area contributed by atoms with Crippen molar-refractivity contribution in [2.24, 2.45) is 5.73 Å². The highest BCUT2D eigenvalue weighted by atomic mass is 35.5. The number of hydrogen-bond donors (Lipinski definition) is 1. The van der Waals surface area contributed by atoms with Crippen molar-refractivity contribution in [2.75, 3.05) is 20.3 Å². The summed E-state index contributed by atoms with van der Waals surface area (Å²) >= 11 is 12.4. The molecule has 0 fully saturated rings. The Bertz CT molecular complexity index is 836. The van der Waals surface area contributed by atoms with E-state index in [2.05, 4.69) is 4.74 Å². The Labute approximate surface area is 159 Å². The van der Waals surface area contributed by atoms with Crippen LogP contribution in [0.2, 0.25) is 10.0 Å². The summed E-state index contributed by atoms with van der Waals surface area (Å²) in [7, 11) is 1.28. The predicted octanol–water partition coefficient (Wildman–Crippen LogP) is 3.61. The topological polar surface area (TPSA) is 70.8 Å². The van der Waals surface area contributed by atoms with Crippen LogP contribution in [0, 0.1) is 5.82 Å². The standard InChI is InChI=1S/C18H16Cl2FNO4/c1-24-18(23)14(22)6-9-2-3-11(17-16(9)25-4-5-26-17)15-12(19)7-10(21)8-13(15)20/h2-3,7-8,14H,4-6,22H2,1H3/t14-/m0/s1. The molecule has 2 N–H and O–H groups in total. The van der Waals surface area contributed by atoms with Crippen LogP contribution in [0.3, 0.4) is 0 Å². The maximum absolute atomic E-state index is 13.5. The number of fused-ring (bicyclic) bond motifs is 1. The summed E-state index contributed by atoms with van der Waals surface area (Å²) in [5.41, 5.74) is 7.56. The SMILES string of the molecule is COC(=O)[C@@H](N)Cc1ccc(-c2c(Cl)cc(F)cc2Cl)c2c1OCCO2. The molecule has 1 aliphatic rings. The fourth-order valence-electron chi connectivity index (χ4n) is 2.82. The molecule has 8 heteroatoms. The maximum atomic E-state index is 13.5. The van der Waals surface area contributed by atoms with Gasteiger partial charge in [-0.25, -0.2) is 4.39 Å². The van der Waals surface area contributed by atoms with Gasteiger partial charge in [0.25, 0.3) is 0 Å². The second kappa shape index (κ2) is 7.70. The minimum absolute atomic E-state index is 0.158. The van der Waals surface area contributed by atoms with E-state index in [1.807, 2.05) is 0 Å². The van der Waals surface area contributed by atoms with Crippen molar-refractivity contribution in [3.05, 3.63) is 45.7 Å². The zero-order valence-electron chi connectivity index (χ0n) is 13.9. The molecule has 1 aliphatic heterocycles. The van der Waals surface area contributed by atoms with Crippen molar-refractivity contribution in [2.45, 2.75) is 12.5 Å². The minimum atomic E-state index is -0.835. The highest BCUT2D eigenvalue weighted by Crippen LogP contribution is 2.47. The number of carbonyl (C=O) groups excluding carboxylic acids is 1. The third kappa shape index (κ3) is 3.58. The van der Waals surface area contributed by atoms with E-state index in [9.17, 15) is 9.18 Å². The molecule has 0 saturated heterocycles. The van der Waals surface area contributed by atoms with Crippen LogP contribution in [-0.4, -0.2) is 32.3 Å². The zero-order valence-corrected chi connectivity index (χ0v) is 15.4. The number of ether oxygens (including phenoxy) is 3. The third-order valence-corrected chi connectivity index (χ3v) is 4.59. The summed E-state index contributed by atoms with van der Waals surface area (Å²) in [6.07, 6.45) is 0.212. The molecule has 5 nitrogen and oxygen atoms in total. The Morgan fingerprint density at radius 1 is 1.23 bits per heavy atom. The number of esters is 1. The Balaban J connectivity index is 2.09. The second-order valence-electron chi connectivity index (χ2n) is 5.71. The van der Waals surface area contributed by atoms with Gasteiger partial charge >= 0.3 is 5.97 Å². The van der Waals surface area contributed by atoms with Gasteiger partial charge < -0.3 is 19.9 Å². The van der Waals surface area contributed by atoms with Gasteiger partial charge in [0.2, 0.25) is 0 Å². The van der Waals surface area contributed by atoms with E-state index < -0.39 is 17.8 Å². The largest absolute Gasteiger partial charge is 0.486 e. The number of nitrogens with two attached hydrogens (primary N) is 1. The highest BCUT2D eigenvalue weighted by molar-refractivity contribution is 6.39. The number of benzene rings is 2. The number of carbonyl (C=O) groups is 1. The normalized spacial score (nSPS) is 14.0. The molecule has 0 unspecified atom stereocenters. The molecule has 0 saturated carbocycles. The summed E-state index contributed by atoms with van der Waals surface area (Å²) in [6.45, 7) is 0.685. The summed E-state index contributed by atoms with van der Waals surface area (Å²) in [5.74, 6) is -0.162. The molecule has 0 bridgehead atoms. The van der Waals surface area contributed by atoms with E-state index >= 15 is 0 Å². The number of methoxy groups -OCH3 is 1. The van der Waals surface area contributed by atoms with Gasteiger partial charge in [-0.3, -0.25) is 4.79 Å². The Hall–Kier alpha value is -2.02. The van der Waals surface area contributed by atoms with Gasteiger partial charge in [-0.15, -0.1) is 0 Å². The monoisotopic (exact) mass is 399 g/mol. The smallest absolute Gasteiger partial charge is 0.322 e. The van der Waals surface area contributed by atoms with Gasteiger partial charge in [-0.05, 0) is 18.2 Å². The summed E-state index contributed by atoms with van der Waals surface area (Å²) in [5, 5.41) is 0.316. The van der Waals surface area contributed by atoms with E-state index in [1.165, 1.54) is 19.2 Å². The van der Waals surface area contributed by atoms with Gasteiger partial charge in [0.1, 0.15) is 25.1 Å². The predicted molar refractivity (Wildman–Crippen MR) is 96.5 cm³/mol. The minimum Gasteiger partial charge on any atom is -0.486 e. The lowest BCUT2D eigenvalue weighted by molar-refractivity contribution is -0.142. The molecule has 0 spiro atoms. The Kier molecular flexibility index (Phi) is 5.55. The van der Waals surface area contributed by atoms with Crippen LogP contribution in [0.5, 0.6) is 11.5 Å². The fraction of sp³-hybridized carbons (Fsp3) is 0.278. The van der Waals surface area contributed by atoms with Crippen LogP contribution in [-0.2, 0) is 16.0 Å². The Morgan fingerprint density at radius 2 is 1.85 bits per heavy atom. The third-order valence-electron chi connectivity index (χ3n) is 3.99. The fourth-order valence-corrected chi connectivity index (χ4v) is 3.49. The molecule has 26 heavy (non-hydrogen) atoms. The van der Waals surface area contributed by atoms with Gasteiger partial charge in [-0.2, -0.15) is 0 Å².